The van der Waals surface area contributed by atoms with Crippen LogP contribution in [-0.2, 0) is 9.53 Å². The van der Waals surface area contributed by atoms with Gasteiger partial charge in [-0.1, -0.05) is 13.8 Å². The van der Waals surface area contributed by atoms with Gasteiger partial charge in [0.15, 0.2) is 0 Å². The molecule has 0 spiro atoms. The average molecular weight is 186 g/mol. The molecule has 0 unspecified atom stereocenters. The second-order valence-corrected chi connectivity index (χ2v) is 4.48. The van der Waals surface area contributed by atoms with Crippen LogP contribution in [0.4, 0.5) is 0 Å². The van der Waals surface area contributed by atoms with Crippen molar-refractivity contribution in [2.24, 2.45) is 11.3 Å². The molecular weight excluding hydrogens is 168 g/mol. The minimum absolute atomic E-state index is 0.173. The first kappa shape index (κ1) is 10.5. The van der Waals surface area contributed by atoms with Crippen LogP contribution in [0.15, 0.2) is 0 Å². The van der Waals surface area contributed by atoms with Gasteiger partial charge in [0.25, 0.3) is 0 Å². The van der Waals surface area contributed by atoms with Crippen molar-refractivity contribution >= 4 is 5.97 Å². The summed E-state index contributed by atoms with van der Waals surface area (Å²) in [6, 6.07) is 0. The molecule has 0 atom stereocenters. The highest BCUT2D eigenvalue weighted by Crippen LogP contribution is 2.38. The van der Waals surface area contributed by atoms with E-state index in [9.17, 15) is 4.79 Å². The van der Waals surface area contributed by atoms with Crippen molar-refractivity contribution in [1.29, 1.82) is 0 Å². The number of carbonyl (C=O) groups is 1. The molecule has 0 aromatic carbocycles. The highest BCUT2D eigenvalue weighted by molar-refractivity contribution is 5.66. The van der Waals surface area contributed by atoms with Crippen molar-refractivity contribution in [3.63, 3.8) is 0 Å². The maximum absolute atomic E-state index is 10.4. The van der Waals surface area contributed by atoms with Crippen LogP contribution in [0, 0.1) is 11.3 Å². The smallest absolute Gasteiger partial charge is 0.303 e. The van der Waals surface area contributed by atoms with Crippen LogP contribution >= 0.6 is 0 Å². The van der Waals surface area contributed by atoms with Crippen molar-refractivity contribution in [3.8, 4) is 0 Å². The summed E-state index contributed by atoms with van der Waals surface area (Å²) in [5.74, 6) is -0.0762. The highest BCUT2D eigenvalue weighted by Gasteiger charge is 2.38. The Bertz CT molecular complexity index is 183. The van der Waals surface area contributed by atoms with Gasteiger partial charge in [0, 0.05) is 11.8 Å². The van der Waals surface area contributed by atoms with E-state index in [4.69, 9.17) is 9.84 Å². The summed E-state index contributed by atoms with van der Waals surface area (Å²) >= 11 is 0. The number of ether oxygens (including phenoxy) is 1. The van der Waals surface area contributed by atoms with Crippen LogP contribution in [-0.4, -0.2) is 24.3 Å². The topological polar surface area (TPSA) is 46.5 Å². The molecule has 3 heteroatoms. The molecule has 3 nitrogen and oxygen atoms in total. The van der Waals surface area contributed by atoms with Gasteiger partial charge in [-0.3, -0.25) is 4.79 Å². The Hall–Kier alpha value is -0.570. The Morgan fingerprint density at radius 1 is 1.54 bits per heavy atom. The van der Waals surface area contributed by atoms with Gasteiger partial charge in [-0.05, 0) is 18.8 Å². The first-order chi connectivity index (χ1) is 6.04. The Balaban J connectivity index is 2.35. The third kappa shape index (κ3) is 2.99. The van der Waals surface area contributed by atoms with Gasteiger partial charge in [-0.25, -0.2) is 0 Å². The lowest BCUT2D eigenvalue weighted by Crippen LogP contribution is -2.43. The van der Waals surface area contributed by atoms with E-state index in [1.165, 1.54) is 0 Å². The van der Waals surface area contributed by atoms with E-state index < -0.39 is 5.97 Å². The van der Waals surface area contributed by atoms with Gasteiger partial charge in [-0.15, -0.1) is 0 Å². The Labute approximate surface area is 79.1 Å². The maximum atomic E-state index is 10.4. The van der Waals surface area contributed by atoms with Crippen molar-refractivity contribution in [3.05, 3.63) is 0 Å². The summed E-state index contributed by atoms with van der Waals surface area (Å²) in [7, 11) is 0. The normalized spacial score (nSPS) is 19.9. The van der Waals surface area contributed by atoms with E-state index in [0.717, 1.165) is 26.1 Å². The molecule has 0 aromatic heterocycles. The summed E-state index contributed by atoms with van der Waals surface area (Å²) in [4.78, 5) is 10.4. The zero-order valence-electron chi connectivity index (χ0n) is 8.38. The summed E-state index contributed by atoms with van der Waals surface area (Å²) < 4.78 is 5.18. The first-order valence-corrected chi connectivity index (χ1v) is 4.84. The number of aliphatic carboxylic acids is 1. The number of hydrogen-bond donors (Lipinski definition) is 1. The van der Waals surface area contributed by atoms with E-state index in [0.29, 0.717) is 5.92 Å². The molecule has 0 radical (unpaired) electrons. The number of carboxylic acids is 1. The van der Waals surface area contributed by atoms with Crippen LogP contribution in [0.5, 0.6) is 0 Å². The summed E-state index contributed by atoms with van der Waals surface area (Å²) in [5.41, 5.74) is 0.173. The monoisotopic (exact) mass is 186 g/mol. The third-order valence-corrected chi connectivity index (χ3v) is 2.53. The maximum Gasteiger partial charge on any atom is 0.303 e. The van der Waals surface area contributed by atoms with Crippen molar-refractivity contribution in [2.45, 2.75) is 33.1 Å². The van der Waals surface area contributed by atoms with Crippen LogP contribution in [0.1, 0.15) is 33.1 Å². The molecule has 0 saturated carbocycles. The summed E-state index contributed by atoms with van der Waals surface area (Å²) in [5, 5.41) is 8.59. The fourth-order valence-corrected chi connectivity index (χ4v) is 1.99. The molecule has 1 saturated heterocycles. The lowest BCUT2D eigenvalue weighted by atomic mass is 9.75. The summed E-state index contributed by atoms with van der Waals surface area (Å²) in [6.07, 6.45) is 2.12. The zero-order valence-corrected chi connectivity index (χ0v) is 8.38. The Morgan fingerprint density at radius 3 is 2.46 bits per heavy atom. The molecule has 0 aliphatic carbocycles. The van der Waals surface area contributed by atoms with Crippen LogP contribution in [0.25, 0.3) is 0 Å². The predicted molar refractivity (Wildman–Crippen MR) is 49.6 cm³/mol. The van der Waals surface area contributed by atoms with Crippen LogP contribution in [0.3, 0.4) is 0 Å². The van der Waals surface area contributed by atoms with Gasteiger partial charge in [0.05, 0.1) is 13.2 Å². The molecule has 1 fully saturated rings. The minimum Gasteiger partial charge on any atom is -0.481 e. The van der Waals surface area contributed by atoms with Crippen LogP contribution in [0.2, 0.25) is 0 Å². The van der Waals surface area contributed by atoms with E-state index >= 15 is 0 Å². The van der Waals surface area contributed by atoms with Gasteiger partial charge in [-0.2, -0.15) is 0 Å². The van der Waals surface area contributed by atoms with E-state index in [-0.39, 0.29) is 11.8 Å². The predicted octanol–water partition coefficient (Wildman–Crippen LogP) is 1.91. The highest BCUT2D eigenvalue weighted by atomic mass is 16.5. The average Bonchev–Trinajstić information content (AvgIpc) is 1.93. The Kier molecular flexibility index (Phi) is 3.31. The fraction of sp³-hybridized carbons (Fsp3) is 0.900. The zero-order chi connectivity index (χ0) is 9.90. The fourth-order valence-electron chi connectivity index (χ4n) is 1.99. The third-order valence-electron chi connectivity index (χ3n) is 2.53. The first-order valence-electron chi connectivity index (χ1n) is 4.84. The molecule has 13 heavy (non-hydrogen) atoms. The van der Waals surface area contributed by atoms with Crippen molar-refractivity contribution < 1.29 is 14.6 Å². The van der Waals surface area contributed by atoms with Crippen molar-refractivity contribution in [2.75, 3.05) is 13.2 Å². The molecule has 0 bridgehead atoms. The van der Waals surface area contributed by atoms with Gasteiger partial charge < -0.3 is 9.84 Å². The SMILES string of the molecule is CC(C)CC1(CCC(=O)O)COC1. The molecule has 1 rings (SSSR count). The van der Waals surface area contributed by atoms with Gasteiger partial charge >= 0.3 is 5.97 Å². The molecule has 1 aliphatic heterocycles. The lowest BCUT2D eigenvalue weighted by Gasteiger charge is -2.42. The van der Waals surface area contributed by atoms with Gasteiger partial charge in [0.1, 0.15) is 0 Å². The van der Waals surface area contributed by atoms with Crippen molar-refractivity contribution in [1.82, 2.24) is 0 Å². The van der Waals surface area contributed by atoms with E-state index in [1.807, 2.05) is 0 Å². The number of hydrogen-bond acceptors (Lipinski definition) is 2. The van der Waals surface area contributed by atoms with Crippen LogP contribution < -0.4 is 0 Å². The number of rotatable bonds is 5. The summed E-state index contributed by atoms with van der Waals surface area (Å²) in [6.45, 7) is 5.83. The molecule has 1 heterocycles. The number of carboxylic acid groups (broad SMARTS) is 1. The van der Waals surface area contributed by atoms with Gasteiger partial charge in [0.2, 0.25) is 0 Å². The van der Waals surface area contributed by atoms with E-state index in [1.54, 1.807) is 0 Å². The molecule has 1 N–H and O–H groups in total. The second kappa shape index (κ2) is 4.09. The molecular formula is C10H18O3. The quantitative estimate of drug-likeness (QED) is 0.713. The largest absolute Gasteiger partial charge is 0.481 e. The molecule has 1 aliphatic rings. The molecule has 76 valence electrons. The molecule has 0 amide bonds. The Morgan fingerprint density at radius 2 is 2.15 bits per heavy atom. The standard InChI is InChI=1S/C10H18O3/c1-8(2)5-10(6-13-7-10)4-3-9(11)12/h8H,3-7H2,1-2H3,(H,11,12). The van der Waals surface area contributed by atoms with E-state index in [2.05, 4.69) is 13.8 Å². The lowest BCUT2D eigenvalue weighted by molar-refractivity contribution is -0.146. The molecule has 0 aromatic rings. The second-order valence-electron chi connectivity index (χ2n) is 4.48. The minimum atomic E-state index is -0.699.